The summed E-state index contributed by atoms with van der Waals surface area (Å²) in [6.45, 7) is 0.910. The third-order valence-electron chi connectivity index (χ3n) is 2.98. The molecule has 1 aromatic carbocycles. The van der Waals surface area contributed by atoms with Gasteiger partial charge in [0.25, 0.3) is 0 Å². The van der Waals surface area contributed by atoms with Crippen LogP contribution in [0.15, 0.2) is 18.2 Å². The molecule has 1 aliphatic rings. The third kappa shape index (κ3) is 2.88. The molecule has 1 unspecified atom stereocenters. The van der Waals surface area contributed by atoms with E-state index in [0.29, 0.717) is 19.2 Å². The van der Waals surface area contributed by atoms with Gasteiger partial charge >= 0.3 is 6.09 Å². The Morgan fingerprint density at radius 3 is 3.12 bits per heavy atom. The van der Waals surface area contributed by atoms with Crippen LogP contribution in [0, 0.1) is 0 Å². The van der Waals surface area contributed by atoms with Gasteiger partial charge in [-0.05, 0) is 36.1 Å². The summed E-state index contributed by atoms with van der Waals surface area (Å²) in [5.74, 6) is 0. The number of nitrogen functional groups attached to an aromatic ring is 1. The zero-order chi connectivity index (χ0) is 12.3. The van der Waals surface area contributed by atoms with Gasteiger partial charge in [-0.25, -0.2) is 4.79 Å². The first-order valence-electron chi connectivity index (χ1n) is 5.71. The van der Waals surface area contributed by atoms with E-state index in [1.165, 1.54) is 11.1 Å². The SMILES string of the molecule is NC(=O)OCCNC1CCc2cc(N)ccc21. The molecular weight excluding hydrogens is 218 g/mol. The smallest absolute Gasteiger partial charge is 0.404 e. The zero-order valence-corrected chi connectivity index (χ0v) is 9.61. The monoisotopic (exact) mass is 235 g/mol. The average molecular weight is 235 g/mol. The van der Waals surface area contributed by atoms with Crippen molar-refractivity contribution in [1.82, 2.24) is 5.32 Å². The molecule has 1 aliphatic carbocycles. The van der Waals surface area contributed by atoms with Crippen LogP contribution in [-0.2, 0) is 11.2 Å². The van der Waals surface area contributed by atoms with E-state index in [1.807, 2.05) is 12.1 Å². The predicted octanol–water partition coefficient (Wildman–Crippen LogP) is 0.941. The summed E-state index contributed by atoms with van der Waals surface area (Å²) < 4.78 is 4.67. The van der Waals surface area contributed by atoms with Crippen LogP contribution in [0.2, 0.25) is 0 Å². The summed E-state index contributed by atoms with van der Waals surface area (Å²) in [5.41, 5.74) is 14.0. The van der Waals surface area contributed by atoms with Crippen LogP contribution in [0.5, 0.6) is 0 Å². The maximum Gasteiger partial charge on any atom is 0.404 e. The normalized spacial score (nSPS) is 17.8. The molecule has 0 spiro atoms. The summed E-state index contributed by atoms with van der Waals surface area (Å²) in [6.07, 6.45) is 1.36. The number of nitrogens with one attached hydrogen (secondary N) is 1. The molecule has 5 heteroatoms. The standard InChI is InChI=1S/C12H17N3O2/c13-9-2-3-10-8(7-9)1-4-11(10)15-5-6-17-12(14)16/h2-3,7,11,15H,1,4-6,13H2,(H2,14,16). The second-order valence-electron chi connectivity index (χ2n) is 4.17. The number of hydrogen-bond donors (Lipinski definition) is 3. The van der Waals surface area contributed by atoms with Crippen LogP contribution in [-0.4, -0.2) is 19.2 Å². The molecule has 92 valence electrons. The van der Waals surface area contributed by atoms with Gasteiger partial charge in [-0.2, -0.15) is 0 Å². The number of rotatable bonds is 4. The molecule has 1 aromatic rings. The van der Waals surface area contributed by atoms with Gasteiger partial charge in [0.15, 0.2) is 0 Å². The molecule has 0 aliphatic heterocycles. The minimum absolute atomic E-state index is 0.302. The minimum Gasteiger partial charge on any atom is -0.448 e. The highest BCUT2D eigenvalue weighted by molar-refractivity contribution is 5.64. The Bertz CT molecular complexity index is 420. The van der Waals surface area contributed by atoms with E-state index in [9.17, 15) is 4.79 Å². The molecule has 2 rings (SSSR count). The fourth-order valence-corrected chi connectivity index (χ4v) is 2.23. The molecule has 17 heavy (non-hydrogen) atoms. The number of carbonyl (C=O) groups excluding carboxylic acids is 1. The number of carbonyl (C=O) groups is 1. The topological polar surface area (TPSA) is 90.4 Å². The summed E-state index contributed by atoms with van der Waals surface area (Å²) in [4.78, 5) is 10.4. The van der Waals surface area contributed by atoms with Gasteiger partial charge in [0.05, 0.1) is 0 Å². The van der Waals surface area contributed by atoms with Gasteiger partial charge in [0.1, 0.15) is 6.61 Å². The second-order valence-corrected chi connectivity index (χ2v) is 4.17. The van der Waals surface area contributed by atoms with E-state index in [-0.39, 0.29) is 0 Å². The number of primary amides is 1. The maximum absolute atomic E-state index is 10.4. The van der Waals surface area contributed by atoms with Crippen molar-refractivity contribution in [2.24, 2.45) is 5.73 Å². The number of amides is 1. The molecule has 0 heterocycles. The first kappa shape index (κ1) is 11.7. The molecule has 0 aromatic heterocycles. The van der Waals surface area contributed by atoms with Gasteiger partial charge in [-0.1, -0.05) is 6.07 Å². The van der Waals surface area contributed by atoms with Crippen LogP contribution in [0.25, 0.3) is 0 Å². The number of aryl methyl sites for hydroxylation is 1. The molecule has 0 saturated heterocycles. The van der Waals surface area contributed by atoms with Crippen LogP contribution >= 0.6 is 0 Å². The largest absolute Gasteiger partial charge is 0.448 e. The highest BCUT2D eigenvalue weighted by atomic mass is 16.5. The summed E-state index contributed by atoms with van der Waals surface area (Å²) >= 11 is 0. The number of anilines is 1. The van der Waals surface area contributed by atoms with E-state index in [2.05, 4.69) is 16.1 Å². The summed E-state index contributed by atoms with van der Waals surface area (Å²) in [7, 11) is 0. The Balaban J connectivity index is 1.87. The van der Waals surface area contributed by atoms with Gasteiger partial charge < -0.3 is 21.5 Å². The van der Waals surface area contributed by atoms with Crippen molar-refractivity contribution in [2.75, 3.05) is 18.9 Å². The van der Waals surface area contributed by atoms with Crippen molar-refractivity contribution < 1.29 is 9.53 Å². The molecule has 5 nitrogen and oxygen atoms in total. The Hall–Kier alpha value is -1.75. The van der Waals surface area contributed by atoms with E-state index in [4.69, 9.17) is 11.5 Å². The Morgan fingerprint density at radius 2 is 2.35 bits per heavy atom. The lowest BCUT2D eigenvalue weighted by Gasteiger charge is -2.13. The van der Waals surface area contributed by atoms with Crippen LogP contribution in [0.4, 0.5) is 10.5 Å². The van der Waals surface area contributed by atoms with Crippen molar-refractivity contribution in [3.05, 3.63) is 29.3 Å². The minimum atomic E-state index is -0.730. The maximum atomic E-state index is 10.4. The number of nitrogens with two attached hydrogens (primary N) is 2. The molecule has 0 saturated carbocycles. The zero-order valence-electron chi connectivity index (χ0n) is 9.61. The molecule has 5 N–H and O–H groups in total. The fraction of sp³-hybridized carbons (Fsp3) is 0.417. The molecular formula is C12H17N3O2. The number of benzene rings is 1. The van der Waals surface area contributed by atoms with Crippen LogP contribution in [0.1, 0.15) is 23.6 Å². The first-order valence-corrected chi connectivity index (χ1v) is 5.71. The van der Waals surface area contributed by atoms with Crippen molar-refractivity contribution in [3.8, 4) is 0 Å². The molecule has 0 radical (unpaired) electrons. The fourth-order valence-electron chi connectivity index (χ4n) is 2.23. The molecule has 1 atom stereocenters. The summed E-state index contributed by atoms with van der Waals surface area (Å²) in [5, 5.41) is 3.34. The molecule has 1 amide bonds. The highest BCUT2D eigenvalue weighted by Crippen LogP contribution is 2.31. The highest BCUT2D eigenvalue weighted by Gasteiger charge is 2.21. The van der Waals surface area contributed by atoms with E-state index in [0.717, 1.165) is 18.5 Å². The number of hydrogen-bond acceptors (Lipinski definition) is 4. The Kier molecular flexibility index (Phi) is 3.49. The second kappa shape index (κ2) is 5.05. The van der Waals surface area contributed by atoms with Gasteiger partial charge in [0.2, 0.25) is 0 Å². The van der Waals surface area contributed by atoms with Crippen LogP contribution < -0.4 is 16.8 Å². The number of fused-ring (bicyclic) bond motifs is 1. The van der Waals surface area contributed by atoms with Gasteiger partial charge in [-0.15, -0.1) is 0 Å². The molecule has 0 fully saturated rings. The van der Waals surface area contributed by atoms with Crippen LogP contribution in [0.3, 0.4) is 0 Å². The van der Waals surface area contributed by atoms with Gasteiger partial charge in [0, 0.05) is 18.3 Å². The number of ether oxygens (including phenoxy) is 1. The summed E-state index contributed by atoms with van der Waals surface area (Å²) in [6, 6.07) is 6.32. The van der Waals surface area contributed by atoms with Crippen molar-refractivity contribution in [1.29, 1.82) is 0 Å². The first-order chi connectivity index (χ1) is 8.16. The van der Waals surface area contributed by atoms with Crippen molar-refractivity contribution in [2.45, 2.75) is 18.9 Å². The lowest BCUT2D eigenvalue weighted by atomic mass is 10.1. The molecule has 0 bridgehead atoms. The third-order valence-corrected chi connectivity index (χ3v) is 2.98. The quantitative estimate of drug-likeness (QED) is 0.535. The van der Waals surface area contributed by atoms with Crippen molar-refractivity contribution in [3.63, 3.8) is 0 Å². The Labute approximate surface area is 100 Å². The Morgan fingerprint density at radius 1 is 1.53 bits per heavy atom. The predicted molar refractivity (Wildman–Crippen MR) is 65.5 cm³/mol. The lowest BCUT2D eigenvalue weighted by Crippen LogP contribution is -2.26. The lowest BCUT2D eigenvalue weighted by molar-refractivity contribution is 0.156. The van der Waals surface area contributed by atoms with Crippen molar-refractivity contribution >= 4 is 11.8 Å². The average Bonchev–Trinajstić information content (AvgIpc) is 2.66. The van der Waals surface area contributed by atoms with E-state index < -0.39 is 6.09 Å². The van der Waals surface area contributed by atoms with E-state index in [1.54, 1.807) is 0 Å². The van der Waals surface area contributed by atoms with Gasteiger partial charge in [-0.3, -0.25) is 0 Å². The van der Waals surface area contributed by atoms with E-state index >= 15 is 0 Å².